The number of amides is 1. The molecule has 0 spiro atoms. The molecule has 1 amide bonds. The van der Waals surface area contributed by atoms with Crippen LogP contribution in [0, 0.1) is 0 Å². The van der Waals surface area contributed by atoms with Crippen molar-refractivity contribution in [3.63, 3.8) is 0 Å². The lowest BCUT2D eigenvalue weighted by molar-refractivity contribution is -0.124. The zero-order chi connectivity index (χ0) is 15.4. The standard InChI is InChI=1S/C18H22N2O2.ClH/c19-15-6-8-16(9-7-15)20-18(21)12-22-17-10-5-13-3-1-2-4-14(13)11-17;/h1-5,10-11,15-16H,6-9,12,19H2,(H,20,21);1H. The van der Waals surface area contributed by atoms with E-state index in [0.29, 0.717) is 6.04 Å². The Bertz CT molecular complexity index is 654. The van der Waals surface area contributed by atoms with Gasteiger partial charge >= 0.3 is 0 Å². The van der Waals surface area contributed by atoms with Crippen LogP contribution in [0.15, 0.2) is 42.5 Å². The van der Waals surface area contributed by atoms with Gasteiger partial charge < -0.3 is 15.8 Å². The minimum Gasteiger partial charge on any atom is -0.484 e. The fourth-order valence-electron chi connectivity index (χ4n) is 2.94. The van der Waals surface area contributed by atoms with Crippen LogP contribution in [0.5, 0.6) is 5.75 Å². The molecule has 1 aliphatic carbocycles. The molecule has 0 radical (unpaired) electrons. The van der Waals surface area contributed by atoms with Crippen molar-refractivity contribution in [3.05, 3.63) is 42.5 Å². The van der Waals surface area contributed by atoms with E-state index in [1.54, 1.807) is 0 Å². The Labute approximate surface area is 142 Å². The van der Waals surface area contributed by atoms with Gasteiger partial charge in [0.25, 0.3) is 5.91 Å². The summed E-state index contributed by atoms with van der Waals surface area (Å²) in [5.74, 6) is 0.660. The van der Waals surface area contributed by atoms with Gasteiger partial charge in [-0.25, -0.2) is 0 Å². The van der Waals surface area contributed by atoms with E-state index in [1.165, 1.54) is 0 Å². The van der Waals surface area contributed by atoms with Crippen molar-refractivity contribution in [1.82, 2.24) is 5.32 Å². The zero-order valence-electron chi connectivity index (χ0n) is 13.0. The van der Waals surface area contributed by atoms with Crippen molar-refractivity contribution in [2.24, 2.45) is 5.73 Å². The Morgan fingerprint density at radius 3 is 2.52 bits per heavy atom. The monoisotopic (exact) mass is 334 g/mol. The SMILES string of the molecule is Cl.NC1CCC(NC(=O)COc2ccc3ccccc3c2)CC1. The lowest BCUT2D eigenvalue weighted by Gasteiger charge is -2.26. The fourth-order valence-corrected chi connectivity index (χ4v) is 2.94. The summed E-state index contributed by atoms with van der Waals surface area (Å²) in [4.78, 5) is 12.0. The highest BCUT2D eigenvalue weighted by Crippen LogP contribution is 2.20. The van der Waals surface area contributed by atoms with Crippen LogP contribution in [0.25, 0.3) is 10.8 Å². The van der Waals surface area contributed by atoms with Crippen molar-refractivity contribution in [2.75, 3.05) is 6.61 Å². The molecule has 3 N–H and O–H groups in total. The van der Waals surface area contributed by atoms with E-state index in [9.17, 15) is 4.79 Å². The average molecular weight is 335 g/mol. The molecule has 0 unspecified atom stereocenters. The maximum atomic E-state index is 12.0. The summed E-state index contributed by atoms with van der Waals surface area (Å²) in [6.45, 7) is 0.0564. The number of halogens is 1. The van der Waals surface area contributed by atoms with Crippen molar-refractivity contribution in [3.8, 4) is 5.75 Å². The zero-order valence-corrected chi connectivity index (χ0v) is 13.9. The molecule has 2 aromatic rings. The molecule has 0 aromatic heterocycles. The molecule has 3 rings (SSSR count). The third-order valence-corrected chi connectivity index (χ3v) is 4.23. The first-order chi connectivity index (χ1) is 10.7. The van der Waals surface area contributed by atoms with Crippen LogP contribution in [-0.2, 0) is 4.79 Å². The molecule has 124 valence electrons. The maximum Gasteiger partial charge on any atom is 0.258 e. The van der Waals surface area contributed by atoms with Gasteiger partial charge in [0.1, 0.15) is 5.75 Å². The third kappa shape index (κ3) is 4.85. The molecule has 0 atom stereocenters. The molecule has 1 aliphatic rings. The van der Waals surface area contributed by atoms with Gasteiger partial charge in [0.05, 0.1) is 0 Å². The summed E-state index contributed by atoms with van der Waals surface area (Å²) in [6, 6.07) is 14.5. The number of nitrogens with one attached hydrogen (secondary N) is 1. The molecule has 4 nitrogen and oxygen atoms in total. The van der Waals surface area contributed by atoms with Crippen molar-refractivity contribution in [1.29, 1.82) is 0 Å². The van der Waals surface area contributed by atoms with E-state index < -0.39 is 0 Å². The molecule has 23 heavy (non-hydrogen) atoms. The van der Waals surface area contributed by atoms with Gasteiger partial charge in [0.2, 0.25) is 0 Å². The second-order valence-electron chi connectivity index (χ2n) is 5.98. The number of fused-ring (bicyclic) bond motifs is 1. The minimum absolute atomic E-state index is 0. The minimum atomic E-state index is -0.0615. The Kier molecular flexibility index (Phi) is 6.25. The van der Waals surface area contributed by atoms with Crippen LogP contribution in [0.4, 0.5) is 0 Å². The van der Waals surface area contributed by atoms with Crippen LogP contribution >= 0.6 is 12.4 Å². The summed E-state index contributed by atoms with van der Waals surface area (Å²) in [6.07, 6.45) is 3.89. The first kappa shape index (κ1) is 17.6. The molecule has 0 saturated heterocycles. The Balaban J connectivity index is 0.00000192. The van der Waals surface area contributed by atoms with E-state index in [4.69, 9.17) is 10.5 Å². The van der Waals surface area contributed by atoms with Crippen LogP contribution in [0.3, 0.4) is 0 Å². The van der Waals surface area contributed by atoms with Gasteiger partial charge in [-0.1, -0.05) is 30.3 Å². The predicted octanol–water partition coefficient (Wildman–Crippen LogP) is 3.03. The van der Waals surface area contributed by atoms with E-state index >= 15 is 0 Å². The average Bonchev–Trinajstić information content (AvgIpc) is 2.55. The van der Waals surface area contributed by atoms with Gasteiger partial charge in [-0.3, -0.25) is 4.79 Å². The van der Waals surface area contributed by atoms with Crippen molar-refractivity contribution < 1.29 is 9.53 Å². The third-order valence-electron chi connectivity index (χ3n) is 4.23. The molecular weight excluding hydrogens is 312 g/mol. The molecular formula is C18H23ClN2O2. The van der Waals surface area contributed by atoms with Gasteiger partial charge in [-0.05, 0) is 48.6 Å². The molecule has 2 aromatic carbocycles. The Morgan fingerprint density at radius 2 is 1.78 bits per heavy atom. The maximum absolute atomic E-state index is 12.0. The molecule has 0 heterocycles. The quantitative estimate of drug-likeness (QED) is 0.903. The lowest BCUT2D eigenvalue weighted by Crippen LogP contribution is -2.42. The summed E-state index contributed by atoms with van der Waals surface area (Å²) in [5, 5.41) is 5.30. The summed E-state index contributed by atoms with van der Waals surface area (Å²) in [5.41, 5.74) is 5.87. The topological polar surface area (TPSA) is 64.3 Å². The highest BCUT2D eigenvalue weighted by Gasteiger charge is 2.20. The van der Waals surface area contributed by atoms with Crippen LogP contribution in [0.1, 0.15) is 25.7 Å². The van der Waals surface area contributed by atoms with E-state index in [2.05, 4.69) is 11.4 Å². The van der Waals surface area contributed by atoms with Gasteiger partial charge in [-0.2, -0.15) is 0 Å². The highest BCUT2D eigenvalue weighted by molar-refractivity contribution is 5.85. The van der Waals surface area contributed by atoms with E-state index in [-0.39, 0.29) is 31.0 Å². The second kappa shape index (κ2) is 8.18. The number of ether oxygens (including phenoxy) is 1. The van der Waals surface area contributed by atoms with Crippen LogP contribution in [0.2, 0.25) is 0 Å². The van der Waals surface area contributed by atoms with Crippen LogP contribution < -0.4 is 15.8 Å². The van der Waals surface area contributed by atoms with Crippen LogP contribution in [-0.4, -0.2) is 24.6 Å². The first-order valence-electron chi connectivity index (χ1n) is 7.87. The first-order valence-corrected chi connectivity index (χ1v) is 7.87. The molecule has 1 fully saturated rings. The Hall–Kier alpha value is -1.78. The highest BCUT2D eigenvalue weighted by atomic mass is 35.5. The summed E-state index contributed by atoms with van der Waals surface area (Å²) in [7, 11) is 0. The number of carbonyl (C=O) groups is 1. The number of hydrogen-bond acceptors (Lipinski definition) is 3. The van der Waals surface area contributed by atoms with Crippen molar-refractivity contribution >= 4 is 29.1 Å². The predicted molar refractivity (Wildman–Crippen MR) is 95.1 cm³/mol. The Morgan fingerprint density at radius 1 is 1.09 bits per heavy atom. The molecule has 5 heteroatoms. The molecule has 0 bridgehead atoms. The second-order valence-corrected chi connectivity index (χ2v) is 5.98. The number of hydrogen-bond donors (Lipinski definition) is 2. The number of nitrogens with two attached hydrogens (primary N) is 1. The fraction of sp³-hybridized carbons (Fsp3) is 0.389. The summed E-state index contributed by atoms with van der Waals surface area (Å²) < 4.78 is 5.60. The van der Waals surface area contributed by atoms with Gasteiger partial charge in [0.15, 0.2) is 6.61 Å². The van der Waals surface area contributed by atoms with Gasteiger partial charge in [0, 0.05) is 12.1 Å². The lowest BCUT2D eigenvalue weighted by atomic mass is 9.92. The largest absolute Gasteiger partial charge is 0.484 e. The molecule has 1 saturated carbocycles. The normalized spacial score (nSPS) is 20.6. The van der Waals surface area contributed by atoms with Crippen molar-refractivity contribution in [2.45, 2.75) is 37.8 Å². The van der Waals surface area contributed by atoms with E-state index in [0.717, 1.165) is 42.2 Å². The smallest absolute Gasteiger partial charge is 0.258 e. The number of carbonyl (C=O) groups excluding carboxylic acids is 1. The van der Waals surface area contributed by atoms with E-state index in [1.807, 2.05) is 36.4 Å². The molecule has 0 aliphatic heterocycles. The number of rotatable bonds is 4. The van der Waals surface area contributed by atoms with Gasteiger partial charge in [-0.15, -0.1) is 12.4 Å². The number of benzene rings is 2. The summed E-state index contributed by atoms with van der Waals surface area (Å²) >= 11 is 0.